The highest BCUT2D eigenvalue weighted by Crippen LogP contribution is 2.46. The van der Waals surface area contributed by atoms with E-state index in [1.807, 2.05) is 60.7 Å². The lowest BCUT2D eigenvalue weighted by Gasteiger charge is -2.21. The molecule has 3 aromatic rings. The second-order valence-corrected chi connectivity index (χ2v) is 11.6. The van der Waals surface area contributed by atoms with E-state index in [4.69, 9.17) is 14.7 Å². The van der Waals surface area contributed by atoms with Gasteiger partial charge in [-0.2, -0.15) is 5.26 Å². The van der Waals surface area contributed by atoms with Crippen molar-refractivity contribution >= 4 is 49.0 Å². The molecule has 8 nitrogen and oxygen atoms in total. The smallest absolute Gasteiger partial charge is 0.345 e. The molecule has 0 amide bonds. The number of pyridine rings is 1. The minimum absolute atomic E-state index is 0. The summed E-state index contributed by atoms with van der Waals surface area (Å²) in [7, 11) is 0. The van der Waals surface area contributed by atoms with Gasteiger partial charge in [0.2, 0.25) is 0 Å². The van der Waals surface area contributed by atoms with Crippen LogP contribution >= 0.6 is 37.2 Å². The summed E-state index contributed by atoms with van der Waals surface area (Å²) < 4.78 is 11.7. The highest BCUT2D eigenvalue weighted by molar-refractivity contribution is 5.86. The number of halogens is 3. The number of ether oxygens (including phenoxy) is 2. The quantitative estimate of drug-likeness (QED) is 0.255. The van der Waals surface area contributed by atoms with Gasteiger partial charge in [0.05, 0.1) is 5.56 Å². The molecule has 0 spiro atoms. The molecular formula is C32H39Cl3N4O4. The lowest BCUT2D eigenvalue weighted by atomic mass is 9.87. The number of hydrogen-bond acceptors (Lipinski definition) is 7. The minimum Gasteiger partial charge on any atom is -0.492 e. The number of carboxylic acids is 1. The molecule has 0 radical (unpaired) electrons. The summed E-state index contributed by atoms with van der Waals surface area (Å²) in [6, 6.07) is 21.5. The van der Waals surface area contributed by atoms with Gasteiger partial charge in [-0.05, 0) is 64.8 Å². The minimum atomic E-state index is -0.993. The monoisotopic (exact) mass is 648 g/mol. The molecule has 1 aromatic heterocycles. The van der Waals surface area contributed by atoms with Gasteiger partial charge in [-0.3, -0.25) is 0 Å². The van der Waals surface area contributed by atoms with Crippen LogP contribution in [0.15, 0.2) is 66.9 Å². The van der Waals surface area contributed by atoms with Crippen molar-refractivity contribution in [1.29, 1.82) is 5.26 Å². The molecule has 2 aromatic carbocycles. The van der Waals surface area contributed by atoms with Crippen LogP contribution in [0.25, 0.3) is 0 Å². The maximum absolute atomic E-state index is 11.8. The molecule has 2 heterocycles. The van der Waals surface area contributed by atoms with E-state index in [0.717, 1.165) is 36.8 Å². The Balaban J connectivity index is 0.00000215. The zero-order chi connectivity index (χ0) is 28.3. The van der Waals surface area contributed by atoms with Gasteiger partial charge in [0, 0.05) is 38.3 Å². The van der Waals surface area contributed by atoms with Gasteiger partial charge in [0.1, 0.15) is 30.0 Å². The fourth-order valence-corrected chi connectivity index (χ4v) is 5.36. The van der Waals surface area contributed by atoms with Crippen molar-refractivity contribution in [3.8, 4) is 17.6 Å². The number of nitriles is 1. The Bertz CT molecular complexity index is 1350. The second kappa shape index (κ2) is 15.5. The number of hydrogen-bond donors (Lipinski definition) is 2. The molecule has 2 unspecified atom stereocenters. The van der Waals surface area contributed by atoms with E-state index in [9.17, 15) is 9.90 Å². The highest BCUT2D eigenvalue weighted by Gasteiger charge is 2.55. The van der Waals surface area contributed by atoms with Gasteiger partial charge < -0.3 is 24.8 Å². The Hall–Kier alpha value is -3.22. The normalized spacial score (nSPS) is 18.9. The van der Waals surface area contributed by atoms with Crippen molar-refractivity contribution in [1.82, 2.24) is 10.3 Å². The van der Waals surface area contributed by atoms with Crippen molar-refractivity contribution in [2.24, 2.45) is 11.8 Å². The second-order valence-electron chi connectivity index (χ2n) is 11.6. The molecule has 232 valence electrons. The average Bonchev–Trinajstić information content (AvgIpc) is 3.38. The zero-order valence-corrected chi connectivity index (χ0v) is 26.9. The fraction of sp³-hybridized carbons (Fsp3) is 0.406. The van der Waals surface area contributed by atoms with E-state index in [2.05, 4.69) is 42.0 Å². The molecular weight excluding hydrogens is 611 g/mol. The van der Waals surface area contributed by atoms with E-state index < -0.39 is 12.1 Å². The molecule has 1 saturated carbocycles. The molecule has 11 heteroatoms. The molecule has 2 fully saturated rings. The molecule has 1 aliphatic heterocycles. The maximum atomic E-state index is 11.8. The Morgan fingerprint density at radius 1 is 1.02 bits per heavy atom. The Labute approximate surface area is 272 Å². The van der Waals surface area contributed by atoms with Crippen LogP contribution in [-0.4, -0.2) is 54.4 Å². The van der Waals surface area contributed by atoms with Gasteiger partial charge in [-0.15, -0.1) is 37.2 Å². The largest absolute Gasteiger partial charge is 0.492 e. The van der Waals surface area contributed by atoms with Crippen LogP contribution in [0, 0.1) is 23.2 Å². The number of anilines is 1. The summed E-state index contributed by atoms with van der Waals surface area (Å²) in [5.74, 6) is 2.49. The lowest BCUT2D eigenvalue weighted by Crippen LogP contribution is -2.33. The van der Waals surface area contributed by atoms with Crippen LogP contribution in [-0.2, 0) is 16.6 Å². The summed E-state index contributed by atoms with van der Waals surface area (Å²) in [6.07, 6.45) is 0.917. The fourth-order valence-electron chi connectivity index (χ4n) is 5.36. The first-order valence-corrected chi connectivity index (χ1v) is 13.8. The molecule has 2 aliphatic rings. The zero-order valence-electron chi connectivity index (χ0n) is 24.4. The number of fused-ring (bicyclic) bond motifs is 1. The van der Waals surface area contributed by atoms with Crippen LogP contribution in [0.5, 0.6) is 11.5 Å². The van der Waals surface area contributed by atoms with E-state index in [1.165, 1.54) is 5.56 Å². The van der Waals surface area contributed by atoms with Crippen LogP contribution < -0.4 is 19.7 Å². The number of aromatic nitrogens is 1. The number of piperidine rings is 1. The number of nitrogens with zero attached hydrogens (tertiary/aromatic N) is 3. The standard InChI is InChI=1S/C32H36N4O4.3ClH/c1-32(2,3)23-7-11-25(12-8-23)40-28(31(37)38)16-21-4-9-24(10-5-21)39-15-14-34-30-26-19-36(20-27(26)30)29-13-6-22(17-33)18-35-29;;;/h4-13,18,26-28,30,34H,14-16,19-20H2,1-3H3,(H,37,38);3*1H/t26-,27?,28-,30?;;;/m0.../s1. The third-order valence-electron chi connectivity index (χ3n) is 7.76. The molecule has 5 rings (SSSR count). The number of carbonyl (C=O) groups is 1. The van der Waals surface area contributed by atoms with E-state index in [-0.39, 0.29) is 49.1 Å². The SMILES string of the molecule is CC(C)(C)c1ccc(O[C@@H](Cc2ccc(OCCNC3C4CN(c5ccc(C#N)cn5)C[C@@H]43)cc2)C(=O)O)cc1.Cl.Cl.Cl. The van der Waals surface area contributed by atoms with E-state index in [1.54, 1.807) is 6.20 Å². The summed E-state index contributed by atoms with van der Waals surface area (Å²) >= 11 is 0. The number of nitrogens with one attached hydrogen (secondary N) is 1. The predicted molar refractivity (Wildman–Crippen MR) is 175 cm³/mol. The van der Waals surface area contributed by atoms with Crippen molar-refractivity contribution in [3.63, 3.8) is 0 Å². The Kier molecular flexibility index (Phi) is 13.0. The Morgan fingerprint density at radius 2 is 1.65 bits per heavy atom. The van der Waals surface area contributed by atoms with Crippen molar-refractivity contribution in [2.45, 2.75) is 44.8 Å². The summed E-state index contributed by atoms with van der Waals surface area (Å²) in [5.41, 5.74) is 2.64. The molecule has 1 saturated heterocycles. The van der Waals surface area contributed by atoms with Gasteiger partial charge in [-0.1, -0.05) is 45.0 Å². The first kappa shape index (κ1) is 36.0. The van der Waals surface area contributed by atoms with Crippen LogP contribution in [0.4, 0.5) is 5.82 Å². The Morgan fingerprint density at radius 3 is 2.19 bits per heavy atom. The van der Waals surface area contributed by atoms with Crippen molar-refractivity contribution in [3.05, 3.63) is 83.6 Å². The van der Waals surface area contributed by atoms with Gasteiger partial charge in [0.25, 0.3) is 0 Å². The van der Waals surface area contributed by atoms with E-state index >= 15 is 0 Å². The average molecular weight is 650 g/mol. The molecule has 4 atom stereocenters. The summed E-state index contributed by atoms with van der Waals surface area (Å²) in [6.45, 7) is 9.68. The lowest BCUT2D eigenvalue weighted by molar-refractivity contribution is -0.145. The number of carboxylic acid groups (broad SMARTS) is 1. The predicted octanol–water partition coefficient (Wildman–Crippen LogP) is 5.69. The van der Waals surface area contributed by atoms with Gasteiger partial charge >= 0.3 is 5.97 Å². The van der Waals surface area contributed by atoms with Crippen LogP contribution in [0.3, 0.4) is 0 Å². The summed E-state index contributed by atoms with van der Waals surface area (Å²) in [5, 5.41) is 22.3. The first-order valence-electron chi connectivity index (χ1n) is 13.8. The molecule has 0 bridgehead atoms. The molecule has 43 heavy (non-hydrogen) atoms. The topological polar surface area (TPSA) is 108 Å². The van der Waals surface area contributed by atoms with Gasteiger partial charge in [-0.25, -0.2) is 9.78 Å². The first-order chi connectivity index (χ1) is 19.2. The summed E-state index contributed by atoms with van der Waals surface area (Å²) in [4.78, 5) is 18.5. The third-order valence-corrected chi connectivity index (χ3v) is 7.76. The molecule has 2 N–H and O–H groups in total. The van der Waals surface area contributed by atoms with E-state index in [0.29, 0.717) is 35.8 Å². The highest BCUT2D eigenvalue weighted by atomic mass is 35.5. The number of aliphatic carboxylic acids is 1. The maximum Gasteiger partial charge on any atom is 0.345 e. The van der Waals surface area contributed by atoms with Crippen LogP contribution in [0.2, 0.25) is 0 Å². The van der Waals surface area contributed by atoms with Crippen LogP contribution in [0.1, 0.15) is 37.5 Å². The van der Waals surface area contributed by atoms with Crippen molar-refractivity contribution < 1.29 is 19.4 Å². The third kappa shape index (κ3) is 9.14. The number of benzene rings is 2. The van der Waals surface area contributed by atoms with Gasteiger partial charge in [0.15, 0.2) is 6.10 Å². The number of rotatable bonds is 11. The van der Waals surface area contributed by atoms with Crippen molar-refractivity contribution in [2.75, 3.05) is 31.1 Å². The molecule has 1 aliphatic carbocycles.